The van der Waals surface area contributed by atoms with E-state index in [0.717, 1.165) is 49.4 Å². The van der Waals surface area contributed by atoms with Gasteiger partial charge in [-0.15, -0.1) is 0 Å². The van der Waals surface area contributed by atoms with Crippen LogP contribution in [0.2, 0.25) is 0 Å². The van der Waals surface area contributed by atoms with Gasteiger partial charge in [0.1, 0.15) is 11.5 Å². The fraction of sp³-hybridized carbons (Fsp3) is 0.522. The van der Waals surface area contributed by atoms with Crippen LogP contribution in [-0.2, 0) is 7.05 Å². The summed E-state index contributed by atoms with van der Waals surface area (Å²) in [5, 5.41) is 9.07. The van der Waals surface area contributed by atoms with Crippen molar-refractivity contribution in [3.63, 3.8) is 0 Å². The van der Waals surface area contributed by atoms with Crippen LogP contribution >= 0.6 is 0 Å². The van der Waals surface area contributed by atoms with Crippen LogP contribution < -0.4 is 5.32 Å². The molecule has 1 amide bonds. The van der Waals surface area contributed by atoms with Crippen molar-refractivity contribution in [2.75, 3.05) is 6.54 Å². The van der Waals surface area contributed by atoms with Gasteiger partial charge in [0.05, 0.1) is 11.3 Å². The summed E-state index contributed by atoms with van der Waals surface area (Å²) in [7, 11) is 1.96. The first-order valence-corrected chi connectivity index (χ1v) is 10.8. The van der Waals surface area contributed by atoms with Crippen LogP contribution in [0.4, 0.5) is 0 Å². The molecule has 0 aromatic carbocycles. The molecule has 152 valence electrons. The number of hydrogen-bond donors (Lipinski definition) is 1. The van der Waals surface area contributed by atoms with Crippen LogP contribution in [0.5, 0.6) is 0 Å². The molecule has 6 heteroatoms. The molecule has 2 saturated carbocycles. The second-order valence-electron chi connectivity index (χ2n) is 8.70. The van der Waals surface area contributed by atoms with E-state index in [2.05, 4.69) is 16.4 Å². The Morgan fingerprint density at radius 2 is 1.97 bits per heavy atom. The Kier molecular flexibility index (Phi) is 4.64. The summed E-state index contributed by atoms with van der Waals surface area (Å²) in [6.07, 6.45) is 8.62. The van der Waals surface area contributed by atoms with Crippen LogP contribution in [0, 0.1) is 12.8 Å². The van der Waals surface area contributed by atoms with E-state index in [-0.39, 0.29) is 5.91 Å². The molecule has 0 radical (unpaired) electrons. The van der Waals surface area contributed by atoms with Gasteiger partial charge in [-0.1, -0.05) is 0 Å². The monoisotopic (exact) mass is 392 g/mol. The van der Waals surface area contributed by atoms with E-state index in [9.17, 15) is 4.79 Å². The van der Waals surface area contributed by atoms with Gasteiger partial charge in [-0.25, -0.2) is 4.98 Å². The maximum Gasteiger partial charge on any atom is 0.254 e. The van der Waals surface area contributed by atoms with Gasteiger partial charge in [-0.2, -0.15) is 5.10 Å². The summed E-state index contributed by atoms with van der Waals surface area (Å²) in [6.45, 7) is 2.62. The highest BCUT2D eigenvalue weighted by Gasteiger charge is 2.30. The highest BCUT2D eigenvalue weighted by molar-refractivity contribution is 5.95. The normalized spacial score (nSPS) is 22.1. The van der Waals surface area contributed by atoms with Crippen molar-refractivity contribution in [1.29, 1.82) is 0 Å². The van der Waals surface area contributed by atoms with Crippen molar-refractivity contribution in [2.45, 2.75) is 57.3 Å². The van der Waals surface area contributed by atoms with E-state index in [1.165, 1.54) is 23.9 Å². The highest BCUT2D eigenvalue weighted by atomic mass is 16.3. The molecule has 2 aliphatic carbocycles. The van der Waals surface area contributed by atoms with Crippen molar-refractivity contribution in [2.24, 2.45) is 13.0 Å². The lowest BCUT2D eigenvalue weighted by Gasteiger charge is -2.27. The number of nitrogens with zero attached hydrogens (tertiary/aromatic N) is 3. The summed E-state index contributed by atoms with van der Waals surface area (Å²) in [5.74, 6) is 3.25. The molecule has 0 aliphatic heterocycles. The lowest BCUT2D eigenvalue weighted by atomic mass is 9.80. The fourth-order valence-electron chi connectivity index (χ4n) is 4.69. The molecule has 0 atom stereocenters. The summed E-state index contributed by atoms with van der Waals surface area (Å²) < 4.78 is 7.67. The Hall–Kier alpha value is -2.63. The van der Waals surface area contributed by atoms with Gasteiger partial charge in [0.25, 0.3) is 5.91 Å². The summed E-state index contributed by atoms with van der Waals surface area (Å²) in [5.41, 5.74) is 2.84. The third-order valence-corrected chi connectivity index (χ3v) is 6.57. The van der Waals surface area contributed by atoms with Crippen LogP contribution in [0.1, 0.15) is 77.9 Å². The zero-order chi connectivity index (χ0) is 20.0. The van der Waals surface area contributed by atoms with E-state index in [0.29, 0.717) is 23.3 Å². The molecule has 2 fully saturated rings. The number of carbonyl (C=O) groups excluding carboxylic acids is 1. The standard InChI is InChI=1S/C23H28N4O2/c1-14-19(12-20(29-14)16-9-10-16)23(28)25-13-15-5-7-17(8-6-15)21-18-4-3-11-24-22(18)27(2)26-21/h3-4,11-12,15-17H,5-10,13H2,1-2H3,(H,25,28). The number of aromatic nitrogens is 3. The van der Waals surface area contributed by atoms with Crippen molar-refractivity contribution >= 4 is 16.9 Å². The van der Waals surface area contributed by atoms with Gasteiger partial charge in [0, 0.05) is 37.0 Å². The smallest absolute Gasteiger partial charge is 0.254 e. The Balaban J connectivity index is 1.17. The highest BCUT2D eigenvalue weighted by Crippen LogP contribution is 2.41. The number of nitrogens with one attached hydrogen (secondary N) is 1. The fourth-order valence-corrected chi connectivity index (χ4v) is 4.69. The third kappa shape index (κ3) is 3.56. The number of furan rings is 1. The number of rotatable bonds is 5. The summed E-state index contributed by atoms with van der Waals surface area (Å²) in [6, 6.07) is 6.06. The number of fused-ring (bicyclic) bond motifs is 1. The van der Waals surface area contributed by atoms with Gasteiger partial charge < -0.3 is 9.73 Å². The van der Waals surface area contributed by atoms with Gasteiger partial charge in [-0.3, -0.25) is 9.48 Å². The van der Waals surface area contributed by atoms with Gasteiger partial charge >= 0.3 is 0 Å². The largest absolute Gasteiger partial charge is 0.465 e. The summed E-state index contributed by atoms with van der Waals surface area (Å²) >= 11 is 0. The predicted octanol–water partition coefficient (Wildman–Crippen LogP) is 4.45. The molecule has 2 aliphatic rings. The number of hydrogen-bond acceptors (Lipinski definition) is 4. The third-order valence-electron chi connectivity index (χ3n) is 6.57. The molecule has 29 heavy (non-hydrogen) atoms. The van der Waals surface area contributed by atoms with Crippen LogP contribution in [0.15, 0.2) is 28.8 Å². The lowest BCUT2D eigenvalue weighted by Crippen LogP contribution is -2.31. The van der Waals surface area contributed by atoms with E-state index in [1.54, 1.807) is 0 Å². The number of pyridine rings is 1. The molecule has 1 N–H and O–H groups in total. The topological polar surface area (TPSA) is 73.0 Å². The predicted molar refractivity (Wildman–Crippen MR) is 111 cm³/mol. The van der Waals surface area contributed by atoms with Crippen LogP contribution in [0.25, 0.3) is 11.0 Å². The van der Waals surface area contributed by atoms with Crippen molar-refractivity contribution in [1.82, 2.24) is 20.1 Å². The Bertz CT molecular complexity index is 1040. The minimum absolute atomic E-state index is 0.00191. The number of amides is 1. The van der Waals surface area contributed by atoms with E-state index >= 15 is 0 Å². The maximum absolute atomic E-state index is 12.6. The van der Waals surface area contributed by atoms with E-state index in [4.69, 9.17) is 9.52 Å². The molecule has 5 rings (SSSR count). The number of carbonyl (C=O) groups is 1. The second kappa shape index (κ2) is 7.32. The summed E-state index contributed by atoms with van der Waals surface area (Å²) in [4.78, 5) is 17.1. The SMILES string of the molecule is Cc1oc(C2CC2)cc1C(=O)NCC1CCC(c2nn(C)c3ncccc23)CC1. The van der Waals surface area contributed by atoms with Crippen molar-refractivity contribution in [3.05, 3.63) is 47.2 Å². The maximum atomic E-state index is 12.6. The van der Waals surface area contributed by atoms with Crippen LogP contribution in [0.3, 0.4) is 0 Å². The lowest BCUT2D eigenvalue weighted by molar-refractivity contribution is 0.0941. The Morgan fingerprint density at radius 3 is 2.72 bits per heavy atom. The second-order valence-corrected chi connectivity index (χ2v) is 8.70. The minimum atomic E-state index is 0.00191. The quantitative estimate of drug-likeness (QED) is 0.696. The van der Waals surface area contributed by atoms with Crippen molar-refractivity contribution in [3.8, 4) is 0 Å². The van der Waals surface area contributed by atoms with Crippen LogP contribution in [-0.4, -0.2) is 27.2 Å². The molecule has 3 aromatic rings. The molecule has 3 aromatic heterocycles. The molecule has 3 heterocycles. The molecule has 0 bridgehead atoms. The zero-order valence-electron chi connectivity index (χ0n) is 17.1. The van der Waals surface area contributed by atoms with Gasteiger partial charge in [-0.05, 0) is 69.6 Å². The van der Waals surface area contributed by atoms with E-state index < -0.39 is 0 Å². The first-order valence-electron chi connectivity index (χ1n) is 10.8. The average Bonchev–Trinajstić information content (AvgIpc) is 3.44. The zero-order valence-corrected chi connectivity index (χ0v) is 17.1. The molecular formula is C23H28N4O2. The average molecular weight is 393 g/mol. The number of aryl methyl sites for hydroxylation is 2. The molecular weight excluding hydrogens is 364 g/mol. The minimum Gasteiger partial charge on any atom is -0.465 e. The van der Waals surface area contributed by atoms with Gasteiger partial charge in [0.2, 0.25) is 0 Å². The first-order chi connectivity index (χ1) is 14.1. The molecule has 0 spiro atoms. The Labute approximate surface area is 170 Å². The Morgan fingerprint density at radius 1 is 1.21 bits per heavy atom. The molecule has 6 nitrogen and oxygen atoms in total. The molecule has 0 saturated heterocycles. The van der Waals surface area contributed by atoms with Crippen molar-refractivity contribution < 1.29 is 9.21 Å². The van der Waals surface area contributed by atoms with E-state index in [1.807, 2.05) is 37.0 Å². The van der Waals surface area contributed by atoms with Gasteiger partial charge in [0.15, 0.2) is 5.65 Å². The first kappa shape index (κ1) is 18.4. The molecule has 0 unspecified atom stereocenters.